The molecule has 0 unspecified atom stereocenters. The van der Waals surface area contributed by atoms with Crippen molar-refractivity contribution in [3.05, 3.63) is 88.2 Å². The summed E-state index contributed by atoms with van der Waals surface area (Å²) in [4.78, 5) is 11.9. The van der Waals surface area contributed by atoms with E-state index < -0.39 is 5.82 Å². The van der Waals surface area contributed by atoms with Crippen LogP contribution in [0.25, 0.3) is 0 Å². The van der Waals surface area contributed by atoms with Crippen LogP contribution in [0.2, 0.25) is 10.0 Å². The maximum absolute atomic E-state index is 13.2. The Morgan fingerprint density at radius 2 is 1.71 bits per heavy atom. The van der Waals surface area contributed by atoms with Gasteiger partial charge in [0.15, 0.2) is 6.61 Å². The Kier molecular flexibility index (Phi) is 6.74. The summed E-state index contributed by atoms with van der Waals surface area (Å²) >= 11 is 12.0. The van der Waals surface area contributed by atoms with E-state index in [0.717, 1.165) is 5.56 Å². The Hall–Kier alpha value is -2.76. The highest BCUT2D eigenvalue weighted by Crippen LogP contribution is 2.26. The van der Waals surface area contributed by atoms with Crippen LogP contribution in [-0.2, 0) is 11.3 Å². The van der Waals surface area contributed by atoms with E-state index in [4.69, 9.17) is 27.9 Å². The summed E-state index contributed by atoms with van der Waals surface area (Å²) in [6.45, 7) is 0.316. The molecule has 7 heteroatoms. The molecule has 0 saturated carbocycles. The van der Waals surface area contributed by atoms with Gasteiger partial charge in [0.2, 0.25) is 0 Å². The van der Waals surface area contributed by atoms with Crippen molar-refractivity contribution in [1.29, 1.82) is 0 Å². The number of hydrogen-bond acceptors (Lipinski definition) is 3. The van der Waals surface area contributed by atoms with Crippen LogP contribution in [0.1, 0.15) is 5.56 Å². The number of para-hydroxylation sites is 1. The van der Waals surface area contributed by atoms with Crippen molar-refractivity contribution in [2.24, 2.45) is 0 Å². The lowest BCUT2D eigenvalue weighted by atomic mass is 10.2. The summed E-state index contributed by atoms with van der Waals surface area (Å²) in [6.07, 6.45) is 0. The number of rotatable bonds is 7. The fourth-order valence-corrected chi connectivity index (χ4v) is 2.88. The van der Waals surface area contributed by atoms with Gasteiger partial charge in [0, 0.05) is 17.9 Å². The number of ether oxygens (including phenoxy) is 1. The number of anilines is 2. The molecular weight excluding hydrogens is 402 g/mol. The molecule has 0 aliphatic carbocycles. The minimum absolute atomic E-state index is 0.0561. The minimum Gasteiger partial charge on any atom is -0.482 e. The van der Waals surface area contributed by atoms with Gasteiger partial charge in [0.25, 0.3) is 5.91 Å². The third-order valence-corrected chi connectivity index (χ3v) is 4.41. The number of halogens is 3. The molecule has 1 amide bonds. The van der Waals surface area contributed by atoms with Crippen molar-refractivity contribution in [2.75, 3.05) is 17.2 Å². The van der Waals surface area contributed by atoms with E-state index in [-0.39, 0.29) is 17.5 Å². The van der Waals surface area contributed by atoms with E-state index in [2.05, 4.69) is 10.6 Å². The molecule has 4 nitrogen and oxygen atoms in total. The molecule has 144 valence electrons. The molecule has 28 heavy (non-hydrogen) atoms. The van der Waals surface area contributed by atoms with E-state index >= 15 is 0 Å². The van der Waals surface area contributed by atoms with Crippen LogP contribution in [-0.4, -0.2) is 12.5 Å². The predicted octanol–water partition coefficient (Wildman–Crippen LogP) is 5.76. The first-order valence-electron chi connectivity index (χ1n) is 8.46. The Balaban J connectivity index is 1.53. The SMILES string of the molecule is O=C(COc1ccc(CNc2ccc(F)c(Cl)c2)cc1Cl)Nc1ccccc1. The van der Waals surface area contributed by atoms with Crippen molar-refractivity contribution in [3.8, 4) is 5.75 Å². The zero-order chi connectivity index (χ0) is 19.9. The fraction of sp³-hybridized carbons (Fsp3) is 0.0952. The summed E-state index contributed by atoms with van der Waals surface area (Å²) in [5, 5.41) is 6.32. The summed E-state index contributed by atoms with van der Waals surface area (Å²) in [7, 11) is 0. The number of nitrogens with one attached hydrogen (secondary N) is 2. The van der Waals surface area contributed by atoms with Crippen molar-refractivity contribution < 1.29 is 13.9 Å². The van der Waals surface area contributed by atoms with Crippen molar-refractivity contribution >= 4 is 40.5 Å². The van der Waals surface area contributed by atoms with Gasteiger partial charge < -0.3 is 15.4 Å². The second-order valence-corrected chi connectivity index (χ2v) is 6.76. The van der Waals surface area contributed by atoms with Crippen LogP contribution in [0.15, 0.2) is 66.7 Å². The van der Waals surface area contributed by atoms with E-state index in [9.17, 15) is 9.18 Å². The summed E-state index contributed by atoms with van der Waals surface area (Å²) in [5.74, 6) is -0.326. The quantitative estimate of drug-likeness (QED) is 0.512. The van der Waals surface area contributed by atoms with Crippen molar-refractivity contribution in [3.63, 3.8) is 0 Å². The molecule has 0 heterocycles. The van der Waals surface area contributed by atoms with Gasteiger partial charge in [0.1, 0.15) is 11.6 Å². The molecule has 3 rings (SSSR count). The maximum Gasteiger partial charge on any atom is 0.262 e. The van der Waals surface area contributed by atoms with Crippen LogP contribution in [0.4, 0.5) is 15.8 Å². The summed E-state index contributed by atoms with van der Waals surface area (Å²) in [5.41, 5.74) is 2.29. The molecule has 0 aliphatic rings. The van der Waals surface area contributed by atoms with E-state index in [1.165, 1.54) is 12.1 Å². The average molecular weight is 419 g/mol. The normalized spacial score (nSPS) is 10.4. The van der Waals surface area contributed by atoms with E-state index in [1.54, 1.807) is 30.3 Å². The Morgan fingerprint density at radius 3 is 2.43 bits per heavy atom. The molecule has 0 saturated heterocycles. The van der Waals surface area contributed by atoms with Crippen LogP contribution < -0.4 is 15.4 Å². The first-order valence-corrected chi connectivity index (χ1v) is 9.22. The monoisotopic (exact) mass is 418 g/mol. The van der Waals surface area contributed by atoms with E-state index in [0.29, 0.717) is 28.7 Å². The average Bonchev–Trinajstić information content (AvgIpc) is 2.69. The molecular formula is C21H17Cl2FN2O2. The molecule has 3 aromatic rings. The van der Waals surface area contributed by atoms with Gasteiger partial charge in [-0.15, -0.1) is 0 Å². The zero-order valence-corrected chi connectivity index (χ0v) is 16.2. The molecule has 0 atom stereocenters. The number of carbonyl (C=O) groups excluding carboxylic acids is 1. The third-order valence-electron chi connectivity index (χ3n) is 3.83. The highest BCUT2D eigenvalue weighted by atomic mass is 35.5. The third kappa shape index (κ3) is 5.62. The first-order chi connectivity index (χ1) is 13.5. The molecule has 0 fully saturated rings. The second-order valence-electron chi connectivity index (χ2n) is 5.95. The van der Waals surface area contributed by atoms with Gasteiger partial charge >= 0.3 is 0 Å². The maximum atomic E-state index is 13.2. The Morgan fingerprint density at radius 1 is 0.929 bits per heavy atom. The van der Waals surface area contributed by atoms with Gasteiger partial charge in [0.05, 0.1) is 10.0 Å². The second kappa shape index (κ2) is 9.44. The molecule has 3 aromatic carbocycles. The lowest BCUT2D eigenvalue weighted by Crippen LogP contribution is -2.20. The molecule has 0 aromatic heterocycles. The van der Waals surface area contributed by atoms with Crippen LogP contribution in [0, 0.1) is 5.82 Å². The van der Waals surface area contributed by atoms with E-state index in [1.807, 2.05) is 24.3 Å². The van der Waals surface area contributed by atoms with Gasteiger partial charge in [-0.3, -0.25) is 4.79 Å². The number of carbonyl (C=O) groups is 1. The number of amides is 1. The molecule has 0 radical (unpaired) electrons. The standard InChI is InChI=1S/C21H17Cl2FN2O2/c22-17-11-16(7-8-19(17)24)25-12-14-6-9-20(18(23)10-14)28-13-21(27)26-15-4-2-1-3-5-15/h1-11,25H,12-13H2,(H,26,27). The lowest BCUT2D eigenvalue weighted by molar-refractivity contribution is -0.118. The van der Waals surface area contributed by atoms with Crippen LogP contribution in [0.5, 0.6) is 5.75 Å². The van der Waals surface area contributed by atoms with Crippen molar-refractivity contribution in [2.45, 2.75) is 6.54 Å². The summed E-state index contributed by atoms with van der Waals surface area (Å²) < 4.78 is 18.7. The topological polar surface area (TPSA) is 50.4 Å². The predicted molar refractivity (Wildman–Crippen MR) is 111 cm³/mol. The van der Waals surface area contributed by atoms with Gasteiger partial charge in [-0.2, -0.15) is 0 Å². The summed E-state index contributed by atoms with van der Waals surface area (Å²) in [6, 6.07) is 18.8. The van der Waals surface area contributed by atoms with Gasteiger partial charge in [-0.25, -0.2) is 4.39 Å². The highest BCUT2D eigenvalue weighted by molar-refractivity contribution is 6.32. The number of hydrogen-bond donors (Lipinski definition) is 2. The van der Waals surface area contributed by atoms with Gasteiger partial charge in [-0.05, 0) is 48.0 Å². The largest absolute Gasteiger partial charge is 0.482 e. The Labute approximate surface area is 172 Å². The molecule has 2 N–H and O–H groups in total. The first kappa shape index (κ1) is 20.0. The van der Waals surface area contributed by atoms with Crippen molar-refractivity contribution in [1.82, 2.24) is 0 Å². The zero-order valence-electron chi connectivity index (χ0n) is 14.7. The lowest BCUT2D eigenvalue weighted by Gasteiger charge is -2.11. The van der Waals surface area contributed by atoms with Crippen LogP contribution >= 0.6 is 23.2 Å². The number of benzene rings is 3. The molecule has 0 bridgehead atoms. The molecule has 0 aliphatic heterocycles. The Bertz CT molecular complexity index is 968. The molecule has 0 spiro atoms. The van der Waals surface area contributed by atoms with Crippen LogP contribution in [0.3, 0.4) is 0 Å². The highest BCUT2D eigenvalue weighted by Gasteiger charge is 2.08. The smallest absolute Gasteiger partial charge is 0.262 e. The minimum atomic E-state index is -0.465. The fourth-order valence-electron chi connectivity index (χ4n) is 2.44. The van der Waals surface area contributed by atoms with Gasteiger partial charge in [-0.1, -0.05) is 47.5 Å².